The summed E-state index contributed by atoms with van der Waals surface area (Å²) in [6.45, 7) is 2.88. The van der Waals surface area contributed by atoms with Crippen molar-refractivity contribution in [3.63, 3.8) is 0 Å². The fourth-order valence-electron chi connectivity index (χ4n) is 3.65. The normalized spacial score (nSPS) is 17.6. The smallest absolute Gasteiger partial charge is 0.269 e. The van der Waals surface area contributed by atoms with E-state index in [4.69, 9.17) is 5.73 Å². The van der Waals surface area contributed by atoms with E-state index in [0.29, 0.717) is 11.6 Å². The van der Waals surface area contributed by atoms with Crippen LogP contribution in [0.5, 0.6) is 0 Å². The Morgan fingerprint density at radius 3 is 2.96 bits per heavy atom. The van der Waals surface area contributed by atoms with E-state index >= 15 is 0 Å². The van der Waals surface area contributed by atoms with Crippen molar-refractivity contribution in [1.82, 2.24) is 25.1 Å². The zero-order valence-electron chi connectivity index (χ0n) is 13.0. The Kier molecular flexibility index (Phi) is 3.57. The number of carbonyl (C=O) groups is 1. The molecule has 1 aliphatic carbocycles. The predicted molar refractivity (Wildman–Crippen MR) is 84.8 cm³/mol. The molecule has 0 aromatic carbocycles. The molecule has 2 aromatic rings. The highest BCUT2D eigenvalue weighted by Crippen LogP contribution is 2.34. The molecule has 7 nitrogen and oxygen atoms in total. The largest absolute Gasteiger partial charge is 0.364 e. The topological polar surface area (TPSA) is 98.7 Å². The summed E-state index contributed by atoms with van der Waals surface area (Å²) in [6.07, 6.45) is 7.24. The lowest BCUT2D eigenvalue weighted by molar-refractivity contribution is 0.0993. The van der Waals surface area contributed by atoms with E-state index in [-0.39, 0.29) is 0 Å². The van der Waals surface area contributed by atoms with Gasteiger partial charge in [-0.05, 0) is 50.3 Å². The van der Waals surface area contributed by atoms with Gasteiger partial charge < -0.3 is 11.1 Å². The molecule has 1 fully saturated rings. The van der Waals surface area contributed by atoms with Crippen LogP contribution >= 0.6 is 0 Å². The maximum atomic E-state index is 11.8. The number of nitrogens with two attached hydrogens (primary N) is 1. The predicted octanol–water partition coefficient (Wildman–Crippen LogP) is 0.537. The maximum absolute atomic E-state index is 11.8. The molecule has 2 aromatic heterocycles. The number of nitrogens with one attached hydrogen (secondary N) is 1. The van der Waals surface area contributed by atoms with Crippen LogP contribution < -0.4 is 11.1 Å². The third-order valence-electron chi connectivity index (χ3n) is 4.83. The Labute approximate surface area is 134 Å². The van der Waals surface area contributed by atoms with Gasteiger partial charge in [-0.2, -0.15) is 5.10 Å². The molecule has 0 atom stereocenters. The summed E-state index contributed by atoms with van der Waals surface area (Å²) in [5.41, 5.74) is 9.86. The molecule has 0 radical (unpaired) electrons. The summed E-state index contributed by atoms with van der Waals surface area (Å²) >= 11 is 0. The Morgan fingerprint density at radius 1 is 1.35 bits per heavy atom. The number of nitrogens with zero attached hydrogens (tertiary/aromatic N) is 4. The van der Waals surface area contributed by atoms with Crippen LogP contribution in [0.3, 0.4) is 0 Å². The second-order valence-electron chi connectivity index (χ2n) is 6.31. The minimum atomic E-state index is -0.456. The highest BCUT2D eigenvalue weighted by atomic mass is 16.1. The van der Waals surface area contributed by atoms with Crippen molar-refractivity contribution in [1.29, 1.82) is 0 Å². The van der Waals surface area contributed by atoms with Crippen molar-refractivity contribution in [2.75, 3.05) is 13.1 Å². The maximum Gasteiger partial charge on any atom is 0.269 e. The van der Waals surface area contributed by atoms with E-state index in [1.807, 2.05) is 10.9 Å². The summed E-state index contributed by atoms with van der Waals surface area (Å²) in [4.78, 5) is 20.4. The monoisotopic (exact) mass is 312 g/mol. The van der Waals surface area contributed by atoms with Crippen molar-refractivity contribution in [2.45, 2.75) is 32.2 Å². The third-order valence-corrected chi connectivity index (χ3v) is 4.83. The summed E-state index contributed by atoms with van der Waals surface area (Å²) < 4.78 is 1.95. The SMILES string of the molecule is NC(=O)c1nn(CC2CCNCC2)c2c1CCc1cncnc1-2. The second kappa shape index (κ2) is 5.73. The number of aryl methyl sites for hydroxylation is 1. The van der Waals surface area contributed by atoms with Gasteiger partial charge in [0.05, 0.1) is 11.4 Å². The minimum absolute atomic E-state index is 0.401. The molecule has 1 amide bonds. The molecule has 4 rings (SSSR count). The van der Waals surface area contributed by atoms with Crippen LogP contribution in [-0.4, -0.2) is 38.7 Å². The molecule has 0 spiro atoms. The van der Waals surface area contributed by atoms with Gasteiger partial charge in [0.15, 0.2) is 5.69 Å². The summed E-state index contributed by atoms with van der Waals surface area (Å²) in [5, 5.41) is 7.92. The standard InChI is InChI=1S/C16H20N6O/c17-16(23)14-12-2-1-11-7-19-9-20-13(11)15(12)22(21-14)8-10-3-5-18-6-4-10/h7,9-10,18H,1-6,8H2,(H2,17,23). The van der Waals surface area contributed by atoms with Crippen molar-refractivity contribution in [3.05, 3.63) is 29.3 Å². The number of rotatable bonds is 3. The third kappa shape index (κ3) is 2.50. The van der Waals surface area contributed by atoms with E-state index in [1.54, 1.807) is 6.33 Å². The molecular formula is C16H20N6O. The zero-order chi connectivity index (χ0) is 15.8. The second-order valence-corrected chi connectivity index (χ2v) is 6.31. The van der Waals surface area contributed by atoms with E-state index in [9.17, 15) is 4.79 Å². The van der Waals surface area contributed by atoms with Crippen LogP contribution in [0.1, 0.15) is 34.5 Å². The Hall–Kier alpha value is -2.28. The fourth-order valence-corrected chi connectivity index (χ4v) is 3.65. The summed E-state index contributed by atoms with van der Waals surface area (Å²) in [5.74, 6) is 0.107. The first kappa shape index (κ1) is 14.3. The van der Waals surface area contributed by atoms with Gasteiger partial charge in [-0.3, -0.25) is 9.48 Å². The van der Waals surface area contributed by atoms with Gasteiger partial charge in [0, 0.05) is 18.3 Å². The molecule has 3 N–H and O–H groups in total. The molecule has 2 aliphatic rings. The van der Waals surface area contributed by atoms with Crippen molar-refractivity contribution in [2.24, 2.45) is 11.7 Å². The first-order chi connectivity index (χ1) is 11.2. The molecule has 7 heteroatoms. The van der Waals surface area contributed by atoms with E-state index in [2.05, 4.69) is 20.4 Å². The molecule has 0 unspecified atom stereocenters. The highest BCUT2D eigenvalue weighted by Gasteiger charge is 2.29. The summed E-state index contributed by atoms with van der Waals surface area (Å²) in [7, 11) is 0. The lowest BCUT2D eigenvalue weighted by Gasteiger charge is -2.24. The van der Waals surface area contributed by atoms with Gasteiger partial charge in [0.2, 0.25) is 0 Å². The number of piperidine rings is 1. The average Bonchev–Trinajstić information content (AvgIpc) is 2.95. The van der Waals surface area contributed by atoms with Gasteiger partial charge in [0.1, 0.15) is 6.33 Å². The van der Waals surface area contributed by atoms with Gasteiger partial charge in [-0.25, -0.2) is 9.97 Å². The number of hydrogen-bond donors (Lipinski definition) is 2. The molecule has 120 valence electrons. The van der Waals surface area contributed by atoms with Gasteiger partial charge in [0.25, 0.3) is 5.91 Å². The van der Waals surface area contributed by atoms with E-state index in [1.165, 1.54) is 0 Å². The van der Waals surface area contributed by atoms with Gasteiger partial charge in [-0.1, -0.05) is 0 Å². The number of carbonyl (C=O) groups excluding carboxylic acids is 1. The fraction of sp³-hybridized carbons (Fsp3) is 0.500. The average molecular weight is 312 g/mol. The van der Waals surface area contributed by atoms with Crippen LogP contribution in [0.4, 0.5) is 0 Å². The van der Waals surface area contributed by atoms with E-state index in [0.717, 1.165) is 67.8 Å². The Morgan fingerprint density at radius 2 is 2.17 bits per heavy atom. The molecule has 0 bridgehead atoms. The minimum Gasteiger partial charge on any atom is -0.364 e. The quantitative estimate of drug-likeness (QED) is 0.862. The van der Waals surface area contributed by atoms with Crippen LogP contribution in [0.15, 0.2) is 12.5 Å². The molecular weight excluding hydrogens is 292 g/mol. The molecule has 0 saturated carbocycles. The first-order valence-electron chi connectivity index (χ1n) is 8.13. The molecule has 23 heavy (non-hydrogen) atoms. The lowest BCUT2D eigenvalue weighted by atomic mass is 9.92. The molecule has 3 heterocycles. The summed E-state index contributed by atoms with van der Waals surface area (Å²) in [6, 6.07) is 0. The van der Waals surface area contributed by atoms with Gasteiger partial charge in [-0.15, -0.1) is 0 Å². The molecule has 1 saturated heterocycles. The number of aromatic nitrogens is 4. The number of hydrogen-bond acceptors (Lipinski definition) is 5. The number of primary amides is 1. The van der Waals surface area contributed by atoms with Crippen LogP contribution in [0.2, 0.25) is 0 Å². The van der Waals surface area contributed by atoms with Crippen molar-refractivity contribution in [3.8, 4) is 11.4 Å². The molecule has 1 aliphatic heterocycles. The first-order valence-corrected chi connectivity index (χ1v) is 8.13. The number of fused-ring (bicyclic) bond motifs is 3. The Balaban J connectivity index is 1.79. The van der Waals surface area contributed by atoms with Crippen molar-refractivity contribution >= 4 is 5.91 Å². The Bertz CT molecular complexity index is 747. The zero-order valence-corrected chi connectivity index (χ0v) is 13.0. The van der Waals surface area contributed by atoms with Crippen LogP contribution in [-0.2, 0) is 19.4 Å². The van der Waals surface area contributed by atoms with Crippen molar-refractivity contribution < 1.29 is 4.79 Å². The van der Waals surface area contributed by atoms with Crippen LogP contribution in [0.25, 0.3) is 11.4 Å². The highest BCUT2D eigenvalue weighted by molar-refractivity contribution is 5.94. The van der Waals surface area contributed by atoms with Gasteiger partial charge >= 0.3 is 0 Å². The number of amides is 1. The van der Waals surface area contributed by atoms with Crippen LogP contribution in [0, 0.1) is 5.92 Å². The van der Waals surface area contributed by atoms with E-state index < -0.39 is 5.91 Å². The lowest BCUT2D eigenvalue weighted by Crippen LogP contribution is -2.30.